The monoisotopic (exact) mass is 347 g/mol. The van der Waals surface area contributed by atoms with Gasteiger partial charge >= 0.3 is 5.97 Å². The van der Waals surface area contributed by atoms with Gasteiger partial charge in [0.05, 0.1) is 0 Å². The summed E-state index contributed by atoms with van der Waals surface area (Å²) in [5, 5.41) is 11.9. The summed E-state index contributed by atoms with van der Waals surface area (Å²) in [4.78, 5) is 28.4. The van der Waals surface area contributed by atoms with Crippen molar-refractivity contribution in [3.05, 3.63) is 35.4 Å². The van der Waals surface area contributed by atoms with Gasteiger partial charge in [-0.15, -0.1) is 0 Å². The molecule has 1 aliphatic heterocycles. The lowest BCUT2D eigenvalue weighted by Crippen LogP contribution is -2.44. The fraction of sp³-hybridized carbons (Fsp3) is 0.579. The minimum atomic E-state index is -0.990. The maximum Gasteiger partial charge on any atom is 0.326 e. The molecule has 0 spiro atoms. The number of carboxylic acid groups (broad SMARTS) is 1. The molecule has 1 heterocycles. The van der Waals surface area contributed by atoms with Crippen molar-refractivity contribution in [1.82, 2.24) is 15.1 Å². The van der Waals surface area contributed by atoms with Crippen molar-refractivity contribution in [2.75, 3.05) is 33.2 Å². The minimum Gasteiger partial charge on any atom is -0.480 e. The molecule has 138 valence electrons. The molecule has 25 heavy (non-hydrogen) atoms. The molecule has 0 radical (unpaired) electrons. The molecule has 6 nitrogen and oxygen atoms in total. The summed E-state index contributed by atoms with van der Waals surface area (Å²) in [6.45, 7) is 8.83. The first-order valence-corrected chi connectivity index (χ1v) is 8.88. The van der Waals surface area contributed by atoms with Gasteiger partial charge in [-0.05, 0) is 37.1 Å². The van der Waals surface area contributed by atoms with E-state index >= 15 is 0 Å². The van der Waals surface area contributed by atoms with E-state index in [4.69, 9.17) is 0 Å². The van der Waals surface area contributed by atoms with Gasteiger partial charge in [-0.1, -0.05) is 26.0 Å². The van der Waals surface area contributed by atoms with Gasteiger partial charge in [0.25, 0.3) is 5.91 Å². The highest BCUT2D eigenvalue weighted by atomic mass is 16.4. The standard InChI is InChI=1S/C19H29N3O3/c1-14(2)11-17(19(24)25)20-18(23)16-6-4-5-15(12-16)13-22-9-7-21(3)8-10-22/h4-6,12,14,17H,7-11,13H2,1-3H3,(H,20,23)(H,24,25). The zero-order valence-electron chi connectivity index (χ0n) is 15.4. The van der Waals surface area contributed by atoms with E-state index in [-0.39, 0.29) is 11.8 Å². The molecule has 1 aromatic carbocycles. The van der Waals surface area contributed by atoms with Crippen molar-refractivity contribution in [2.24, 2.45) is 5.92 Å². The molecule has 1 atom stereocenters. The number of rotatable bonds is 7. The van der Waals surface area contributed by atoms with Crippen LogP contribution in [0.15, 0.2) is 24.3 Å². The van der Waals surface area contributed by atoms with E-state index in [9.17, 15) is 14.7 Å². The number of hydrogen-bond acceptors (Lipinski definition) is 4. The Morgan fingerprint density at radius 1 is 1.20 bits per heavy atom. The molecule has 1 aromatic rings. The van der Waals surface area contributed by atoms with E-state index in [2.05, 4.69) is 22.2 Å². The predicted octanol–water partition coefficient (Wildman–Crippen LogP) is 1.66. The molecule has 2 rings (SSSR count). The Hall–Kier alpha value is -1.92. The summed E-state index contributed by atoms with van der Waals surface area (Å²) in [6.07, 6.45) is 0.419. The van der Waals surface area contributed by atoms with Crippen LogP contribution in [0, 0.1) is 5.92 Å². The fourth-order valence-electron chi connectivity index (χ4n) is 3.01. The molecule has 1 aliphatic rings. The normalized spacial score (nSPS) is 17.4. The van der Waals surface area contributed by atoms with Gasteiger partial charge in [0.1, 0.15) is 6.04 Å². The van der Waals surface area contributed by atoms with Crippen molar-refractivity contribution in [1.29, 1.82) is 0 Å². The molecule has 1 saturated heterocycles. The summed E-state index contributed by atoms with van der Waals surface area (Å²) in [5.41, 5.74) is 1.59. The summed E-state index contributed by atoms with van der Waals surface area (Å²) in [5.74, 6) is -1.12. The van der Waals surface area contributed by atoms with Crippen LogP contribution in [0.5, 0.6) is 0 Å². The summed E-state index contributed by atoms with van der Waals surface area (Å²) in [6, 6.07) is 6.61. The number of aliphatic carboxylic acids is 1. The number of piperazine rings is 1. The third-order valence-corrected chi connectivity index (χ3v) is 4.50. The molecule has 0 aromatic heterocycles. The van der Waals surface area contributed by atoms with Crippen LogP contribution >= 0.6 is 0 Å². The van der Waals surface area contributed by atoms with Crippen molar-refractivity contribution >= 4 is 11.9 Å². The number of benzene rings is 1. The zero-order chi connectivity index (χ0) is 18.4. The van der Waals surface area contributed by atoms with E-state index in [0.29, 0.717) is 12.0 Å². The van der Waals surface area contributed by atoms with Crippen LogP contribution in [0.3, 0.4) is 0 Å². The molecular weight excluding hydrogens is 318 g/mol. The Bertz CT molecular complexity index is 595. The van der Waals surface area contributed by atoms with Crippen molar-refractivity contribution in [3.63, 3.8) is 0 Å². The van der Waals surface area contributed by atoms with E-state index < -0.39 is 12.0 Å². The first kappa shape index (κ1) is 19.4. The first-order chi connectivity index (χ1) is 11.8. The van der Waals surface area contributed by atoms with Crippen LogP contribution in [-0.2, 0) is 11.3 Å². The van der Waals surface area contributed by atoms with Gasteiger partial charge in [-0.2, -0.15) is 0 Å². The van der Waals surface area contributed by atoms with Crippen molar-refractivity contribution in [2.45, 2.75) is 32.9 Å². The van der Waals surface area contributed by atoms with Gasteiger partial charge < -0.3 is 15.3 Å². The highest BCUT2D eigenvalue weighted by Gasteiger charge is 2.22. The summed E-state index contributed by atoms with van der Waals surface area (Å²) >= 11 is 0. The Labute approximate surface area is 149 Å². The molecule has 6 heteroatoms. The highest BCUT2D eigenvalue weighted by Crippen LogP contribution is 2.12. The fourth-order valence-corrected chi connectivity index (χ4v) is 3.01. The molecule has 1 amide bonds. The minimum absolute atomic E-state index is 0.199. The zero-order valence-corrected chi connectivity index (χ0v) is 15.4. The van der Waals surface area contributed by atoms with Crippen LogP contribution in [0.2, 0.25) is 0 Å². The van der Waals surface area contributed by atoms with Crippen molar-refractivity contribution in [3.8, 4) is 0 Å². The van der Waals surface area contributed by atoms with Gasteiger partial charge in [0.2, 0.25) is 0 Å². The Kier molecular flexibility index (Phi) is 6.96. The van der Waals surface area contributed by atoms with Gasteiger partial charge in [-0.3, -0.25) is 9.69 Å². The van der Waals surface area contributed by atoms with Gasteiger partial charge in [0.15, 0.2) is 0 Å². The number of nitrogens with one attached hydrogen (secondary N) is 1. The SMILES string of the molecule is CC(C)CC(NC(=O)c1cccc(CN2CCN(C)CC2)c1)C(=O)O. The average Bonchev–Trinajstić information content (AvgIpc) is 2.56. The van der Waals surface area contributed by atoms with E-state index in [0.717, 1.165) is 38.3 Å². The number of carbonyl (C=O) groups excluding carboxylic acids is 1. The Balaban J connectivity index is 1.99. The topological polar surface area (TPSA) is 72.9 Å². The maximum atomic E-state index is 12.4. The lowest BCUT2D eigenvalue weighted by atomic mass is 10.0. The third-order valence-electron chi connectivity index (χ3n) is 4.50. The molecule has 1 unspecified atom stereocenters. The predicted molar refractivity (Wildman–Crippen MR) is 97.6 cm³/mol. The van der Waals surface area contributed by atoms with Crippen LogP contribution in [0.4, 0.5) is 0 Å². The number of hydrogen-bond donors (Lipinski definition) is 2. The second-order valence-corrected chi connectivity index (χ2v) is 7.27. The van der Waals surface area contributed by atoms with Crippen LogP contribution < -0.4 is 5.32 Å². The van der Waals surface area contributed by atoms with Crippen LogP contribution in [-0.4, -0.2) is 66.1 Å². The summed E-state index contributed by atoms with van der Waals surface area (Å²) in [7, 11) is 2.12. The van der Waals surface area contributed by atoms with Crippen LogP contribution in [0.25, 0.3) is 0 Å². The number of nitrogens with zero attached hydrogens (tertiary/aromatic N) is 2. The largest absolute Gasteiger partial charge is 0.480 e. The number of amides is 1. The van der Waals surface area contributed by atoms with Gasteiger partial charge in [-0.25, -0.2) is 4.79 Å². The van der Waals surface area contributed by atoms with Crippen LogP contribution in [0.1, 0.15) is 36.2 Å². The second-order valence-electron chi connectivity index (χ2n) is 7.27. The van der Waals surface area contributed by atoms with Gasteiger partial charge in [0, 0.05) is 38.3 Å². The molecule has 0 saturated carbocycles. The highest BCUT2D eigenvalue weighted by molar-refractivity contribution is 5.96. The second kappa shape index (κ2) is 8.97. The molecule has 0 aliphatic carbocycles. The van der Waals surface area contributed by atoms with Crippen molar-refractivity contribution < 1.29 is 14.7 Å². The maximum absolute atomic E-state index is 12.4. The molecule has 2 N–H and O–H groups in total. The lowest BCUT2D eigenvalue weighted by molar-refractivity contribution is -0.139. The first-order valence-electron chi connectivity index (χ1n) is 8.88. The van der Waals surface area contributed by atoms with E-state index in [1.54, 1.807) is 6.07 Å². The molecule has 1 fully saturated rings. The smallest absolute Gasteiger partial charge is 0.326 e. The van der Waals surface area contributed by atoms with E-state index in [1.807, 2.05) is 32.0 Å². The number of carboxylic acids is 1. The van der Waals surface area contributed by atoms with E-state index in [1.165, 1.54) is 0 Å². The molecule has 0 bridgehead atoms. The quantitative estimate of drug-likeness (QED) is 0.785. The third kappa shape index (κ3) is 6.14. The molecular formula is C19H29N3O3. The number of likely N-dealkylation sites (N-methyl/N-ethyl adjacent to an activating group) is 1. The number of carbonyl (C=O) groups is 2. The lowest BCUT2D eigenvalue weighted by Gasteiger charge is -2.32. The Morgan fingerprint density at radius 3 is 2.48 bits per heavy atom. The Morgan fingerprint density at radius 2 is 1.88 bits per heavy atom. The average molecular weight is 347 g/mol. The summed E-state index contributed by atoms with van der Waals surface area (Å²) < 4.78 is 0.